The summed E-state index contributed by atoms with van der Waals surface area (Å²) in [6.07, 6.45) is 3.08. The van der Waals surface area contributed by atoms with Crippen LogP contribution in [0.1, 0.15) is 22.9 Å². The molecule has 3 N–H and O–H groups in total. The van der Waals surface area contributed by atoms with E-state index >= 15 is 0 Å². The average Bonchev–Trinajstić information content (AvgIpc) is 2.46. The van der Waals surface area contributed by atoms with Gasteiger partial charge in [0.25, 0.3) is 0 Å². The van der Waals surface area contributed by atoms with E-state index in [1.165, 1.54) is 6.33 Å². The van der Waals surface area contributed by atoms with Crippen LogP contribution in [-0.4, -0.2) is 15.9 Å². The molecule has 19 heavy (non-hydrogen) atoms. The van der Waals surface area contributed by atoms with Crippen LogP contribution in [-0.2, 0) is 11.3 Å². The number of benzene rings is 1. The van der Waals surface area contributed by atoms with E-state index in [4.69, 9.17) is 5.73 Å². The number of hydrogen-bond donors (Lipinski definition) is 2. The first-order valence-corrected chi connectivity index (χ1v) is 6.01. The minimum Gasteiger partial charge on any atom is -0.349 e. The van der Waals surface area contributed by atoms with Gasteiger partial charge >= 0.3 is 0 Å². The minimum absolute atomic E-state index is 0.220. The van der Waals surface area contributed by atoms with Gasteiger partial charge in [-0.05, 0) is 18.6 Å². The molecular formula is C14H16N4O. The van der Waals surface area contributed by atoms with Gasteiger partial charge < -0.3 is 11.1 Å². The Labute approximate surface area is 111 Å². The van der Waals surface area contributed by atoms with Crippen molar-refractivity contribution in [2.75, 3.05) is 0 Å². The molecule has 0 aliphatic carbocycles. The zero-order chi connectivity index (χ0) is 13.7. The van der Waals surface area contributed by atoms with Crippen molar-refractivity contribution in [2.24, 2.45) is 5.73 Å². The summed E-state index contributed by atoms with van der Waals surface area (Å²) in [6.45, 7) is 2.34. The lowest BCUT2D eigenvalue weighted by Gasteiger charge is -2.12. The molecular weight excluding hydrogens is 240 g/mol. The molecule has 0 spiro atoms. The fourth-order valence-electron chi connectivity index (χ4n) is 1.64. The summed E-state index contributed by atoms with van der Waals surface area (Å²) in [5.41, 5.74) is 8.59. The second kappa shape index (κ2) is 6.06. The number of nitrogens with two attached hydrogens (primary N) is 1. The lowest BCUT2D eigenvalue weighted by Crippen LogP contribution is -2.33. The first-order chi connectivity index (χ1) is 9.16. The fourth-order valence-corrected chi connectivity index (χ4v) is 1.64. The number of nitrogens with zero attached hydrogens (tertiary/aromatic N) is 2. The van der Waals surface area contributed by atoms with E-state index in [2.05, 4.69) is 15.3 Å². The van der Waals surface area contributed by atoms with Crippen molar-refractivity contribution < 1.29 is 4.79 Å². The molecule has 0 saturated heterocycles. The van der Waals surface area contributed by atoms with Crippen LogP contribution in [0.25, 0.3) is 0 Å². The number of aromatic nitrogens is 2. The van der Waals surface area contributed by atoms with Crippen LogP contribution in [0.4, 0.5) is 0 Å². The number of carbonyl (C=O) groups is 1. The molecule has 0 fully saturated rings. The molecule has 1 aromatic heterocycles. The first-order valence-electron chi connectivity index (χ1n) is 6.01. The molecule has 1 unspecified atom stereocenters. The van der Waals surface area contributed by atoms with Crippen molar-refractivity contribution in [3.05, 3.63) is 59.7 Å². The molecule has 5 nitrogen and oxygen atoms in total. The number of aryl methyl sites for hydroxylation is 1. The maximum atomic E-state index is 11.9. The van der Waals surface area contributed by atoms with Gasteiger partial charge in [-0.1, -0.05) is 29.8 Å². The molecule has 2 aromatic rings. The van der Waals surface area contributed by atoms with Crippen molar-refractivity contribution in [3.63, 3.8) is 0 Å². The van der Waals surface area contributed by atoms with E-state index in [1.54, 1.807) is 12.3 Å². The monoisotopic (exact) mass is 256 g/mol. The van der Waals surface area contributed by atoms with Gasteiger partial charge in [0.1, 0.15) is 12.4 Å². The van der Waals surface area contributed by atoms with Crippen LogP contribution >= 0.6 is 0 Å². The molecule has 5 heteroatoms. The third-order valence-electron chi connectivity index (χ3n) is 2.81. The SMILES string of the molecule is Cc1ccc(C(N)C(=O)NCc2ccncn2)cc1. The highest BCUT2D eigenvalue weighted by molar-refractivity contribution is 5.82. The average molecular weight is 256 g/mol. The van der Waals surface area contributed by atoms with E-state index in [0.29, 0.717) is 6.54 Å². The number of amides is 1. The van der Waals surface area contributed by atoms with Crippen molar-refractivity contribution >= 4 is 5.91 Å². The first kappa shape index (κ1) is 13.2. The largest absolute Gasteiger partial charge is 0.349 e. The smallest absolute Gasteiger partial charge is 0.241 e. The quantitative estimate of drug-likeness (QED) is 0.858. The van der Waals surface area contributed by atoms with E-state index in [1.807, 2.05) is 31.2 Å². The van der Waals surface area contributed by atoms with Gasteiger partial charge in [-0.3, -0.25) is 4.79 Å². The molecule has 0 bridgehead atoms. The molecule has 1 aromatic carbocycles. The van der Waals surface area contributed by atoms with Crippen LogP contribution < -0.4 is 11.1 Å². The van der Waals surface area contributed by atoms with Gasteiger partial charge in [-0.25, -0.2) is 9.97 Å². The van der Waals surface area contributed by atoms with Crippen LogP contribution in [0.15, 0.2) is 42.9 Å². The Kier molecular flexibility index (Phi) is 4.20. The van der Waals surface area contributed by atoms with Gasteiger partial charge in [-0.2, -0.15) is 0 Å². The Balaban J connectivity index is 1.94. The van der Waals surface area contributed by atoms with Gasteiger partial charge in [0.15, 0.2) is 0 Å². The predicted molar refractivity (Wildman–Crippen MR) is 72.0 cm³/mol. The lowest BCUT2D eigenvalue weighted by atomic mass is 10.1. The highest BCUT2D eigenvalue weighted by atomic mass is 16.2. The van der Waals surface area contributed by atoms with Crippen molar-refractivity contribution in [3.8, 4) is 0 Å². The molecule has 0 aliphatic rings. The summed E-state index contributed by atoms with van der Waals surface area (Å²) in [6, 6.07) is 8.69. The van der Waals surface area contributed by atoms with Gasteiger partial charge in [-0.15, -0.1) is 0 Å². The van der Waals surface area contributed by atoms with Gasteiger partial charge in [0.2, 0.25) is 5.91 Å². The Morgan fingerprint density at radius 2 is 2.05 bits per heavy atom. The molecule has 1 atom stereocenters. The predicted octanol–water partition coefficient (Wildman–Crippen LogP) is 1.10. The van der Waals surface area contributed by atoms with Crippen LogP contribution in [0.3, 0.4) is 0 Å². The molecule has 0 saturated carbocycles. The van der Waals surface area contributed by atoms with E-state index in [9.17, 15) is 4.79 Å². The lowest BCUT2D eigenvalue weighted by molar-refractivity contribution is -0.122. The Morgan fingerprint density at radius 3 is 2.68 bits per heavy atom. The van der Waals surface area contributed by atoms with Crippen LogP contribution in [0.5, 0.6) is 0 Å². The van der Waals surface area contributed by atoms with Gasteiger partial charge in [0.05, 0.1) is 12.2 Å². The Bertz CT molecular complexity index is 539. The van der Waals surface area contributed by atoms with Crippen molar-refractivity contribution in [1.29, 1.82) is 0 Å². The Hall–Kier alpha value is -2.27. The van der Waals surface area contributed by atoms with E-state index in [-0.39, 0.29) is 5.91 Å². The normalized spacial score (nSPS) is 11.9. The third-order valence-corrected chi connectivity index (χ3v) is 2.81. The van der Waals surface area contributed by atoms with Crippen molar-refractivity contribution in [1.82, 2.24) is 15.3 Å². The van der Waals surface area contributed by atoms with Crippen LogP contribution in [0, 0.1) is 6.92 Å². The number of rotatable bonds is 4. The van der Waals surface area contributed by atoms with Gasteiger partial charge in [0, 0.05) is 6.20 Å². The zero-order valence-electron chi connectivity index (χ0n) is 10.7. The van der Waals surface area contributed by atoms with Crippen LogP contribution in [0.2, 0.25) is 0 Å². The van der Waals surface area contributed by atoms with E-state index < -0.39 is 6.04 Å². The summed E-state index contributed by atoms with van der Waals surface area (Å²) in [4.78, 5) is 19.8. The summed E-state index contributed by atoms with van der Waals surface area (Å²) < 4.78 is 0. The summed E-state index contributed by atoms with van der Waals surface area (Å²) >= 11 is 0. The maximum absolute atomic E-state index is 11.9. The molecule has 0 aliphatic heterocycles. The maximum Gasteiger partial charge on any atom is 0.241 e. The van der Waals surface area contributed by atoms with E-state index in [0.717, 1.165) is 16.8 Å². The van der Waals surface area contributed by atoms with Crippen molar-refractivity contribution in [2.45, 2.75) is 19.5 Å². The summed E-state index contributed by atoms with van der Waals surface area (Å²) in [5, 5.41) is 2.76. The summed E-state index contributed by atoms with van der Waals surface area (Å²) in [7, 11) is 0. The number of nitrogens with one attached hydrogen (secondary N) is 1. The molecule has 2 rings (SSSR count). The number of carbonyl (C=O) groups excluding carboxylic acids is 1. The molecule has 98 valence electrons. The standard InChI is InChI=1S/C14H16N4O/c1-10-2-4-11(5-3-10)13(15)14(19)17-8-12-6-7-16-9-18-12/h2-7,9,13H,8,15H2,1H3,(H,17,19). The highest BCUT2D eigenvalue weighted by Gasteiger charge is 2.15. The number of hydrogen-bond acceptors (Lipinski definition) is 4. The highest BCUT2D eigenvalue weighted by Crippen LogP contribution is 2.11. The topological polar surface area (TPSA) is 80.9 Å². The third kappa shape index (κ3) is 3.59. The fraction of sp³-hybridized carbons (Fsp3) is 0.214. The molecule has 1 heterocycles. The molecule has 0 radical (unpaired) electrons. The zero-order valence-corrected chi connectivity index (χ0v) is 10.7. The second-order valence-electron chi connectivity index (χ2n) is 4.31. The molecule has 1 amide bonds. The summed E-state index contributed by atoms with van der Waals surface area (Å²) in [5.74, 6) is -0.220. The second-order valence-corrected chi connectivity index (χ2v) is 4.31. The Morgan fingerprint density at radius 1 is 1.32 bits per heavy atom. The minimum atomic E-state index is -0.664.